The smallest absolute Gasteiger partial charge is 0.238 e. The second-order valence-corrected chi connectivity index (χ2v) is 4.93. The molecule has 1 heterocycles. The number of anilines is 1. The minimum atomic E-state index is -0.109. The van der Waals surface area contributed by atoms with Crippen molar-refractivity contribution in [1.82, 2.24) is 4.90 Å². The van der Waals surface area contributed by atoms with E-state index in [1.54, 1.807) is 24.3 Å². The Morgan fingerprint density at radius 3 is 2.70 bits per heavy atom. The van der Waals surface area contributed by atoms with Crippen molar-refractivity contribution in [2.75, 3.05) is 25.0 Å². The summed E-state index contributed by atoms with van der Waals surface area (Å²) >= 11 is 0. The largest absolute Gasteiger partial charge is 0.326 e. The van der Waals surface area contributed by atoms with Crippen molar-refractivity contribution in [3.05, 3.63) is 29.8 Å². The number of ketones is 1. The van der Waals surface area contributed by atoms with Crippen LogP contribution in [0.2, 0.25) is 0 Å². The molecule has 2 rings (SSSR count). The van der Waals surface area contributed by atoms with Crippen LogP contribution in [0, 0.1) is 0 Å². The molecule has 20 heavy (non-hydrogen) atoms. The average molecular weight is 298 g/mol. The predicted molar refractivity (Wildman–Crippen MR) is 81.4 cm³/mol. The van der Waals surface area contributed by atoms with Crippen LogP contribution in [0.4, 0.5) is 5.69 Å². The van der Waals surface area contributed by atoms with Gasteiger partial charge in [-0.05, 0) is 25.5 Å². The second kappa shape index (κ2) is 7.38. The van der Waals surface area contributed by atoms with E-state index in [0.29, 0.717) is 17.8 Å². The highest BCUT2D eigenvalue weighted by molar-refractivity contribution is 6.04. The second-order valence-electron chi connectivity index (χ2n) is 4.93. The molecule has 1 amide bonds. The van der Waals surface area contributed by atoms with Gasteiger partial charge in [-0.15, -0.1) is 12.4 Å². The molecule has 0 bridgehead atoms. The number of hydrogen-bond acceptors (Lipinski definition) is 4. The zero-order valence-electron chi connectivity index (χ0n) is 11.5. The van der Waals surface area contributed by atoms with Crippen LogP contribution in [-0.4, -0.2) is 42.3 Å². The van der Waals surface area contributed by atoms with E-state index >= 15 is 0 Å². The molecule has 1 aromatic carbocycles. The molecule has 6 heteroatoms. The van der Waals surface area contributed by atoms with Crippen LogP contribution in [0.25, 0.3) is 0 Å². The highest BCUT2D eigenvalue weighted by atomic mass is 35.5. The van der Waals surface area contributed by atoms with E-state index in [0.717, 1.165) is 19.5 Å². The summed E-state index contributed by atoms with van der Waals surface area (Å²) in [5.41, 5.74) is 6.91. The van der Waals surface area contributed by atoms with Crippen molar-refractivity contribution < 1.29 is 9.59 Å². The third-order valence-electron chi connectivity index (χ3n) is 3.26. The van der Waals surface area contributed by atoms with Gasteiger partial charge in [-0.2, -0.15) is 0 Å². The molecular formula is C14H20ClN3O2. The van der Waals surface area contributed by atoms with Crippen LogP contribution in [0.5, 0.6) is 0 Å². The molecule has 110 valence electrons. The fourth-order valence-electron chi connectivity index (χ4n) is 2.30. The Labute approximate surface area is 124 Å². The number of carbonyl (C=O) groups is 2. The third kappa shape index (κ3) is 4.30. The van der Waals surface area contributed by atoms with E-state index in [9.17, 15) is 9.59 Å². The molecule has 1 fully saturated rings. The average Bonchev–Trinajstić information content (AvgIpc) is 2.75. The molecule has 0 spiro atoms. The van der Waals surface area contributed by atoms with Crippen LogP contribution in [0.3, 0.4) is 0 Å². The minimum Gasteiger partial charge on any atom is -0.326 e. The van der Waals surface area contributed by atoms with Crippen molar-refractivity contribution in [3.63, 3.8) is 0 Å². The molecule has 1 aliphatic rings. The van der Waals surface area contributed by atoms with Gasteiger partial charge in [0.25, 0.3) is 0 Å². The number of likely N-dealkylation sites (tertiary alicyclic amines) is 1. The number of benzene rings is 1. The summed E-state index contributed by atoms with van der Waals surface area (Å²) in [6, 6.07) is 7.20. The number of amides is 1. The number of rotatable bonds is 4. The van der Waals surface area contributed by atoms with Gasteiger partial charge in [-0.1, -0.05) is 12.1 Å². The maximum absolute atomic E-state index is 11.9. The molecule has 0 saturated carbocycles. The van der Waals surface area contributed by atoms with Gasteiger partial charge in [0.1, 0.15) is 0 Å². The maximum Gasteiger partial charge on any atom is 0.238 e. The number of carbonyl (C=O) groups excluding carboxylic acids is 2. The van der Waals surface area contributed by atoms with E-state index < -0.39 is 0 Å². The van der Waals surface area contributed by atoms with Crippen molar-refractivity contribution in [1.29, 1.82) is 0 Å². The van der Waals surface area contributed by atoms with Gasteiger partial charge in [-0.3, -0.25) is 14.5 Å². The van der Waals surface area contributed by atoms with Gasteiger partial charge in [0.2, 0.25) is 5.91 Å². The summed E-state index contributed by atoms with van der Waals surface area (Å²) in [5, 5.41) is 2.79. The lowest BCUT2D eigenvalue weighted by atomic mass is 10.1. The van der Waals surface area contributed by atoms with Gasteiger partial charge in [0.05, 0.1) is 12.2 Å². The van der Waals surface area contributed by atoms with Crippen molar-refractivity contribution in [2.24, 2.45) is 5.73 Å². The highest BCUT2D eigenvalue weighted by Gasteiger charge is 2.21. The van der Waals surface area contributed by atoms with Crippen LogP contribution in [0.15, 0.2) is 24.3 Å². The standard InChI is InChI=1S/C14H19N3O2.ClH/c1-10(18)12-4-2-3-5-13(12)16-14(19)9-17-7-6-11(15)8-17;/h2-5,11H,6-9,15H2,1H3,(H,16,19);1H. The molecule has 5 nitrogen and oxygen atoms in total. The van der Waals surface area contributed by atoms with Gasteiger partial charge < -0.3 is 11.1 Å². The Hall–Kier alpha value is -1.43. The Morgan fingerprint density at radius 2 is 2.10 bits per heavy atom. The molecule has 0 aliphatic carbocycles. The summed E-state index contributed by atoms with van der Waals surface area (Å²) < 4.78 is 0. The maximum atomic E-state index is 11.9. The quantitative estimate of drug-likeness (QED) is 0.821. The van der Waals surface area contributed by atoms with Crippen molar-refractivity contribution in [2.45, 2.75) is 19.4 Å². The Kier molecular flexibility index (Phi) is 6.13. The van der Waals surface area contributed by atoms with Crippen molar-refractivity contribution >= 4 is 29.8 Å². The lowest BCUT2D eigenvalue weighted by Crippen LogP contribution is -2.33. The van der Waals surface area contributed by atoms with Gasteiger partial charge in [-0.25, -0.2) is 0 Å². The summed E-state index contributed by atoms with van der Waals surface area (Å²) in [6.45, 7) is 3.41. The molecule has 1 unspecified atom stereocenters. The van der Waals surface area contributed by atoms with Crippen LogP contribution < -0.4 is 11.1 Å². The fourth-order valence-corrected chi connectivity index (χ4v) is 2.30. The molecule has 0 radical (unpaired) electrons. The number of nitrogens with two attached hydrogens (primary N) is 1. The topological polar surface area (TPSA) is 75.4 Å². The van der Waals surface area contributed by atoms with E-state index in [2.05, 4.69) is 5.32 Å². The lowest BCUT2D eigenvalue weighted by Gasteiger charge is -2.15. The van der Waals surface area contributed by atoms with E-state index in [-0.39, 0.29) is 30.1 Å². The normalized spacial score (nSPS) is 18.4. The van der Waals surface area contributed by atoms with Gasteiger partial charge in [0, 0.05) is 24.7 Å². The number of halogens is 1. The highest BCUT2D eigenvalue weighted by Crippen LogP contribution is 2.15. The number of nitrogens with zero attached hydrogens (tertiary/aromatic N) is 1. The Balaban J connectivity index is 0.00000200. The number of Topliss-reactive ketones (excluding diaryl/α,β-unsaturated/α-hetero) is 1. The first-order valence-corrected chi connectivity index (χ1v) is 6.44. The minimum absolute atomic E-state index is 0. The molecule has 0 aromatic heterocycles. The van der Waals surface area contributed by atoms with E-state index in [1.807, 2.05) is 4.90 Å². The summed E-state index contributed by atoms with van der Waals surface area (Å²) in [4.78, 5) is 25.4. The number of nitrogens with one attached hydrogen (secondary N) is 1. The van der Waals surface area contributed by atoms with Crippen LogP contribution >= 0.6 is 12.4 Å². The molecule has 1 aliphatic heterocycles. The Morgan fingerprint density at radius 1 is 1.40 bits per heavy atom. The molecule has 3 N–H and O–H groups in total. The van der Waals surface area contributed by atoms with E-state index in [4.69, 9.17) is 5.73 Å². The van der Waals surface area contributed by atoms with Gasteiger partial charge >= 0.3 is 0 Å². The predicted octanol–water partition coefficient (Wildman–Crippen LogP) is 1.28. The number of hydrogen-bond donors (Lipinski definition) is 2. The Bertz CT molecular complexity index is 493. The first kappa shape index (κ1) is 16.6. The molecule has 1 saturated heterocycles. The molecule has 1 aromatic rings. The SMILES string of the molecule is CC(=O)c1ccccc1NC(=O)CN1CCC(N)C1.Cl. The summed E-state index contributed by atoms with van der Waals surface area (Å²) in [6.07, 6.45) is 0.928. The first-order chi connectivity index (χ1) is 9.06. The fraction of sp³-hybridized carbons (Fsp3) is 0.429. The number of para-hydroxylation sites is 1. The molecule has 1 atom stereocenters. The van der Waals surface area contributed by atoms with Gasteiger partial charge in [0.15, 0.2) is 5.78 Å². The molecular weight excluding hydrogens is 278 g/mol. The third-order valence-corrected chi connectivity index (χ3v) is 3.26. The monoisotopic (exact) mass is 297 g/mol. The zero-order valence-corrected chi connectivity index (χ0v) is 12.3. The summed E-state index contributed by atoms with van der Waals surface area (Å²) in [7, 11) is 0. The van der Waals surface area contributed by atoms with Crippen LogP contribution in [0.1, 0.15) is 23.7 Å². The zero-order chi connectivity index (χ0) is 13.8. The van der Waals surface area contributed by atoms with Crippen molar-refractivity contribution in [3.8, 4) is 0 Å². The summed E-state index contributed by atoms with van der Waals surface area (Å²) in [5.74, 6) is -0.165. The van der Waals surface area contributed by atoms with E-state index in [1.165, 1.54) is 6.92 Å². The van der Waals surface area contributed by atoms with Crippen LogP contribution in [-0.2, 0) is 4.79 Å². The first-order valence-electron chi connectivity index (χ1n) is 6.44. The lowest BCUT2D eigenvalue weighted by molar-refractivity contribution is -0.117.